The highest BCUT2D eigenvalue weighted by Gasteiger charge is 2.38. The van der Waals surface area contributed by atoms with E-state index in [9.17, 15) is 13.2 Å². The number of hydrogen-bond donors (Lipinski definition) is 0. The smallest absolute Gasteiger partial charge is 0.245 e. The molecule has 5 rings (SSSR count). The third kappa shape index (κ3) is 4.96. The Hall–Kier alpha value is -2.49. The first-order chi connectivity index (χ1) is 18.2. The molecule has 0 saturated heterocycles. The second kappa shape index (κ2) is 10.9. The van der Waals surface area contributed by atoms with Crippen LogP contribution in [0.5, 0.6) is 0 Å². The van der Waals surface area contributed by atoms with Crippen molar-refractivity contribution in [2.75, 3.05) is 13.1 Å². The molecule has 1 aliphatic rings. The molecule has 0 fully saturated rings. The maximum Gasteiger partial charge on any atom is 0.245 e. The molecule has 0 radical (unpaired) electrons. The van der Waals surface area contributed by atoms with Gasteiger partial charge in [-0.25, -0.2) is 8.42 Å². The van der Waals surface area contributed by atoms with E-state index in [2.05, 4.69) is 4.98 Å². The number of thiophene rings is 1. The molecule has 4 aromatic rings. The monoisotopic (exact) mass is 587 g/mol. The van der Waals surface area contributed by atoms with Crippen LogP contribution in [0.25, 0.3) is 10.9 Å². The predicted molar refractivity (Wildman–Crippen MR) is 153 cm³/mol. The zero-order valence-corrected chi connectivity index (χ0v) is 24.1. The average molecular weight is 589 g/mol. The van der Waals surface area contributed by atoms with Crippen LogP contribution < -0.4 is 0 Å². The van der Waals surface area contributed by atoms with Crippen molar-refractivity contribution in [2.45, 2.75) is 43.7 Å². The first-order valence-electron chi connectivity index (χ1n) is 12.4. The number of sulfonamides is 1. The molecule has 1 aliphatic heterocycles. The van der Waals surface area contributed by atoms with Crippen LogP contribution in [0.15, 0.2) is 71.1 Å². The molecule has 0 unspecified atom stereocenters. The molecule has 38 heavy (non-hydrogen) atoms. The van der Waals surface area contributed by atoms with Crippen LogP contribution in [0.4, 0.5) is 0 Å². The van der Waals surface area contributed by atoms with Gasteiger partial charge in [0.2, 0.25) is 15.9 Å². The molecule has 10 heteroatoms. The fourth-order valence-corrected chi connectivity index (χ4v) is 8.20. The molecule has 0 spiro atoms. The second-order valence-corrected chi connectivity index (χ2v) is 13.0. The number of aromatic nitrogens is 1. The summed E-state index contributed by atoms with van der Waals surface area (Å²) in [4.78, 5) is 21.4. The normalized spacial score (nSPS) is 16.6. The molecular formula is C28H27Cl2N3O3S2. The van der Waals surface area contributed by atoms with Gasteiger partial charge in [0.05, 0.1) is 18.1 Å². The maximum atomic E-state index is 14.0. The van der Waals surface area contributed by atoms with Crippen molar-refractivity contribution >= 4 is 61.4 Å². The lowest BCUT2D eigenvalue weighted by molar-refractivity contribution is -0.133. The topological polar surface area (TPSA) is 70.6 Å². The zero-order valence-electron chi connectivity index (χ0n) is 21.0. The molecule has 1 amide bonds. The van der Waals surface area contributed by atoms with Crippen molar-refractivity contribution in [3.63, 3.8) is 0 Å². The van der Waals surface area contributed by atoms with Crippen molar-refractivity contribution in [1.29, 1.82) is 0 Å². The van der Waals surface area contributed by atoms with Gasteiger partial charge in [-0.2, -0.15) is 4.31 Å². The number of carbonyl (C=O) groups excluding carboxylic acids is 1. The van der Waals surface area contributed by atoms with E-state index >= 15 is 0 Å². The summed E-state index contributed by atoms with van der Waals surface area (Å²) in [7, 11) is -4.04. The summed E-state index contributed by atoms with van der Waals surface area (Å²) in [6.45, 7) is 3.90. The first kappa shape index (κ1) is 27.1. The van der Waals surface area contributed by atoms with Gasteiger partial charge in [0, 0.05) is 39.1 Å². The van der Waals surface area contributed by atoms with Crippen molar-refractivity contribution < 1.29 is 13.2 Å². The number of nitrogens with zero attached hydrogens (tertiary/aromatic N) is 3. The molecule has 2 atom stereocenters. The first-order valence-corrected chi connectivity index (χ1v) is 15.5. The molecule has 0 bridgehead atoms. The number of rotatable bonds is 7. The third-order valence-corrected chi connectivity index (χ3v) is 10.6. The number of pyridine rings is 1. The van der Waals surface area contributed by atoms with E-state index < -0.39 is 22.1 Å². The minimum Gasteiger partial charge on any atom is -0.330 e. The predicted octanol–water partition coefficient (Wildman–Crippen LogP) is 6.57. The van der Waals surface area contributed by atoms with E-state index in [1.165, 1.54) is 9.18 Å². The van der Waals surface area contributed by atoms with Gasteiger partial charge >= 0.3 is 0 Å². The van der Waals surface area contributed by atoms with Gasteiger partial charge in [-0.05, 0) is 66.6 Å². The van der Waals surface area contributed by atoms with Gasteiger partial charge in [-0.3, -0.25) is 9.78 Å². The van der Waals surface area contributed by atoms with Crippen LogP contribution in [-0.4, -0.2) is 47.6 Å². The Morgan fingerprint density at radius 2 is 1.95 bits per heavy atom. The summed E-state index contributed by atoms with van der Waals surface area (Å²) < 4.78 is 29.4. The minimum atomic E-state index is -4.04. The molecule has 2 aromatic carbocycles. The number of carbonyl (C=O) groups is 1. The lowest BCUT2D eigenvalue weighted by atomic mass is 9.93. The number of para-hydroxylation sites is 1. The number of benzene rings is 2. The van der Waals surface area contributed by atoms with Crippen LogP contribution in [0.3, 0.4) is 0 Å². The summed E-state index contributed by atoms with van der Waals surface area (Å²) in [5.74, 6) is -0.282. The summed E-state index contributed by atoms with van der Waals surface area (Å²) in [5.41, 5.74) is 2.16. The average Bonchev–Trinajstić information content (AvgIpc) is 3.39. The number of fused-ring (bicyclic) bond motifs is 2. The van der Waals surface area contributed by atoms with Gasteiger partial charge in [0.1, 0.15) is 4.90 Å². The fourth-order valence-electron chi connectivity index (χ4n) is 4.96. The standard InChI is InChI=1S/C28H27Cl2N3O3S2/c1-3-18(2)33(38(35,36)25-8-4-6-19-7-5-13-31-27(19)25)17-26(34)32-14-11-24-22(12-15-37-24)28(32)21-10-9-20(29)16-23(21)30/h4-10,12-13,15-16,18,28H,3,11,14,17H2,1-2H3/t18-,28-/m1/s1. The lowest BCUT2D eigenvalue weighted by Gasteiger charge is -2.38. The molecule has 0 N–H and O–H groups in total. The highest BCUT2D eigenvalue weighted by molar-refractivity contribution is 7.89. The van der Waals surface area contributed by atoms with E-state index in [4.69, 9.17) is 23.2 Å². The minimum absolute atomic E-state index is 0.0970. The second-order valence-electron chi connectivity index (χ2n) is 9.34. The molecule has 0 saturated carbocycles. The summed E-state index contributed by atoms with van der Waals surface area (Å²) in [5, 5.41) is 3.71. The largest absolute Gasteiger partial charge is 0.330 e. The zero-order chi connectivity index (χ0) is 27.0. The highest BCUT2D eigenvalue weighted by Crippen LogP contribution is 2.41. The summed E-state index contributed by atoms with van der Waals surface area (Å²) in [6, 6.07) is 15.1. The Balaban J connectivity index is 1.54. The van der Waals surface area contributed by atoms with Crippen molar-refractivity contribution in [3.8, 4) is 0 Å². The third-order valence-electron chi connectivity index (χ3n) is 7.10. The lowest BCUT2D eigenvalue weighted by Crippen LogP contribution is -2.49. The van der Waals surface area contributed by atoms with E-state index in [0.29, 0.717) is 34.9 Å². The van der Waals surface area contributed by atoms with E-state index in [1.54, 1.807) is 52.8 Å². The Morgan fingerprint density at radius 1 is 1.16 bits per heavy atom. The van der Waals surface area contributed by atoms with Crippen LogP contribution in [-0.2, 0) is 21.2 Å². The molecule has 0 aliphatic carbocycles. The Bertz CT molecular complexity index is 1600. The molecular weight excluding hydrogens is 561 g/mol. The van der Waals surface area contributed by atoms with Gasteiger partial charge in [0.15, 0.2) is 0 Å². The molecule has 198 valence electrons. The van der Waals surface area contributed by atoms with Gasteiger partial charge in [-0.1, -0.05) is 54.4 Å². The van der Waals surface area contributed by atoms with Crippen molar-refractivity contribution in [2.24, 2.45) is 0 Å². The Morgan fingerprint density at radius 3 is 2.71 bits per heavy atom. The van der Waals surface area contributed by atoms with Crippen LogP contribution in [0.1, 0.15) is 42.3 Å². The van der Waals surface area contributed by atoms with Crippen molar-refractivity contribution in [1.82, 2.24) is 14.2 Å². The Labute approximate surface area is 236 Å². The maximum absolute atomic E-state index is 14.0. The van der Waals surface area contributed by atoms with Crippen LogP contribution in [0, 0.1) is 0 Å². The SMILES string of the molecule is CC[C@@H](C)N(CC(=O)N1CCc2sccc2[C@H]1c1ccc(Cl)cc1Cl)S(=O)(=O)c1cccc2cccnc12. The number of hydrogen-bond acceptors (Lipinski definition) is 5. The molecule has 3 heterocycles. The quantitative estimate of drug-likeness (QED) is 0.245. The van der Waals surface area contributed by atoms with Crippen LogP contribution >= 0.6 is 34.5 Å². The molecule has 6 nitrogen and oxygen atoms in total. The van der Waals surface area contributed by atoms with Gasteiger partial charge in [0.25, 0.3) is 0 Å². The number of amides is 1. The number of halogens is 2. The van der Waals surface area contributed by atoms with Crippen LogP contribution in [0.2, 0.25) is 10.0 Å². The highest BCUT2D eigenvalue weighted by atomic mass is 35.5. The van der Waals surface area contributed by atoms with E-state index in [1.807, 2.05) is 43.5 Å². The fraction of sp³-hybridized carbons (Fsp3) is 0.286. The summed E-state index contributed by atoms with van der Waals surface area (Å²) in [6.07, 6.45) is 2.82. The molecule has 2 aromatic heterocycles. The Kier molecular flexibility index (Phi) is 7.80. The van der Waals surface area contributed by atoms with E-state index in [0.717, 1.165) is 16.5 Å². The van der Waals surface area contributed by atoms with Crippen molar-refractivity contribution in [3.05, 3.63) is 92.2 Å². The van der Waals surface area contributed by atoms with E-state index in [-0.39, 0.29) is 17.3 Å². The summed E-state index contributed by atoms with van der Waals surface area (Å²) >= 11 is 14.4. The van der Waals surface area contributed by atoms with Gasteiger partial charge < -0.3 is 4.90 Å². The van der Waals surface area contributed by atoms with Gasteiger partial charge in [-0.15, -0.1) is 11.3 Å².